The summed E-state index contributed by atoms with van der Waals surface area (Å²) in [7, 11) is 0. The van der Waals surface area contributed by atoms with Gasteiger partial charge in [0, 0.05) is 12.8 Å². The molecule has 1 fully saturated rings. The predicted molar refractivity (Wildman–Crippen MR) is 40.7 cm³/mol. The minimum Gasteiger partial charge on any atom is -0.298 e. The molecule has 1 unspecified atom stereocenters. The number of alkyl halides is 1. The summed E-state index contributed by atoms with van der Waals surface area (Å²) in [5, 5.41) is 8.35. The van der Waals surface area contributed by atoms with Crippen LogP contribution in [0.25, 0.3) is 0 Å². The third kappa shape index (κ3) is 1.38. The van der Waals surface area contributed by atoms with Gasteiger partial charge in [-0.1, -0.05) is 15.9 Å². The van der Waals surface area contributed by atoms with Gasteiger partial charge in [-0.05, 0) is 12.3 Å². The Balaban J connectivity index is 2.50. The Morgan fingerprint density at radius 1 is 1.80 bits per heavy atom. The molecular formula is C7H8BrNO. The summed E-state index contributed by atoms with van der Waals surface area (Å²) in [6.07, 6.45) is 2.02. The second-order valence-electron chi connectivity index (χ2n) is 2.53. The summed E-state index contributed by atoms with van der Waals surface area (Å²) in [5.41, 5.74) is 0. The maximum Gasteiger partial charge on any atom is 0.146 e. The lowest BCUT2D eigenvalue weighted by Gasteiger charge is -2.05. The van der Waals surface area contributed by atoms with Crippen LogP contribution in [0, 0.1) is 17.2 Å². The summed E-state index contributed by atoms with van der Waals surface area (Å²) < 4.78 is 0. The van der Waals surface area contributed by atoms with Crippen molar-refractivity contribution in [2.75, 3.05) is 0 Å². The standard InChI is InChI=1S/C7H8BrNO/c8-7-5(3-4-9)1-2-6(7)10/h5,7H,1-3H2/t5?,7-/m0/s1. The molecule has 1 aliphatic rings. The number of hydrogen-bond acceptors (Lipinski definition) is 2. The Bertz CT molecular complexity index is 185. The highest BCUT2D eigenvalue weighted by atomic mass is 79.9. The molecule has 0 aromatic rings. The normalized spacial score (nSPS) is 32.2. The number of halogens is 1. The lowest BCUT2D eigenvalue weighted by molar-refractivity contribution is -0.117. The Kier molecular flexibility index (Phi) is 2.44. The van der Waals surface area contributed by atoms with E-state index in [4.69, 9.17) is 5.26 Å². The smallest absolute Gasteiger partial charge is 0.146 e. The first kappa shape index (κ1) is 7.74. The van der Waals surface area contributed by atoms with E-state index in [9.17, 15) is 4.79 Å². The van der Waals surface area contributed by atoms with Crippen molar-refractivity contribution < 1.29 is 4.79 Å². The number of carbonyl (C=O) groups excluding carboxylic acids is 1. The van der Waals surface area contributed by atoms with Crippen molar-refractivity contribution in [3.63, 3.8) is 0 Å². The SMILES string of the molecule is N#CCC1CCC(=O)[C@H]1Br. The molecular weight excluding hydrogens is 194 g/mol. The molecule has 0 amide bonds. The maximum absolute atomic E-state index is 10.9. The van der Waals surface area contributed by atoms with Gasteiger partial charge in [-0.2, -0.15) is 5.26 Å². The van der Waals surface area contributed by atoms with Crippen molar-refractivity contribution in [1.29, 1.82) is 5.26 Å². The molecule has 1 rings (SSSR count). The van der Waals surface area contributed by atoms with Gasteiger partial charge in [-0.15, -0.1) is 0 Å². The molecule has 1 aliphatic carbocycles. The van der Waals surface area contributed by atoms with Crippen LogP contribution in [0.2, 0.25) is 0 Å². The van der Waals surface area contributed by atoms with Crippen LogP contribution in [0.3, 0.4) is 0 Å². The van der Waals surface area contributed by atoms with Gasteiger partial charge in [0.1, 0.15) is 5.78 Å². The first-order valence-electron chi connectivity index (χ1n) is 3.29. The molecule has 0 aromatic carbocycles. The van der Waals surface area contributed by atoms with Gasteiger partial charge in [0.2, 0.25) is 0 Å². The van der Waals surface area contributed by atoms with Crippen LogP contribution < -0.4 is 0 Å². The lowest BCUT2D eigenvalue weighted by Crippen LogP contribution is -2.12. The maximum atomic E-state index is 10.9. The molecule has 0 aliphatic heterocycles. The van der Waals surface area contributed by atoms with Gasteiger partial charge in [0.05, 0.1) is 10.9 Å². The van der Waals surface area contributed by atoms with Crippen molar-refractivity contribution in [2.45, 2.75) is 24.1 Å². The summed E-state index contributed by atoms with van der Waals surface area (Å²) in [4.78, 5) is 10.9. The van der Waals surface area contributed by atoms with Gasteiger partial charge in [-0.3, -0.25) is 4.79 Å². The van der Waals surface area contributed by atoms with Crippen LogP contribution in [0.5, 0.6) is 0 Å². The quantitative estimate of drug-likeness (QED) is 0.606. The molecule has 3 heteroatoms. The fourth-order valence-corrected chi connectivity index (χ4v) is 1.88. The molecule has 2 atom stereocenters. The molecule has 54 valence electrons. The van der Waals surface area contributed by atoms with Crippen molar-refractivity contribution >= 4 is 21.7 Å². The molecule has 0 bridgehead atoms. The van der Waals surface area contributed by atoms with E-state index in [1.165, 1.54) is 0 Å². The van der Waals surface area contributed by atoms with Gasteiger partial charge in [0.15, 0.2) is 0 Å². The Morgan fingerprint density at radius 3 is 2.90 bits per heavy atom. The zero-order valence-corrected chi connectivity index (χ0v) is 7.10. The first-order chi connectivity index (χ1) is 4.75. The zero-order valence-electron chi connectivity index (χ0n) is 5.51. The number of nitriles is 1. The number of Topliss-reactive ketones (excluding diaryl/α,β-unsaturated/α-hetero) is 1. The van der Waals surface area contributed by atoms with Crippen molar-refractivity contribution in [3.05, 3.63) is 0 Å². The van der Waals surface area contributed by atoms with Crippen molar-refractivity contribution in [3.8, 4) is 6.07 Å². The monoisotopic (exact) mass is 201 g/mol. The highest BCUT2D eigenvalue weighted by Gasteiger charge is 2.31. The van der Waals surface area contributed by atoms with Gasteiger partial charge in [-0.25, -0.2) is 0 Å². The minimum absolute atomic E-state index is 0.0489. The fourth-order valence-electron chi connectivity index (χ4n) is 1.20. The molecule has 0 heterocycles. The number of carbonyl (C=O) groups is 1. The molecule has 0 N–H and O–H groups in total. The van der Waals surface area contributed by atoms with Crippen LogP contribution in [0.1, 0.15) is 19.3 Å². The van der Waals surface area contributed by atoms with E-state index in [0.717, 1.165) is 6.42 Å². The number of rotatable bonds is 1. The fraction of sp³-hybridized carbons (Fsp3) is 0.714. The van der Waals surface area contributed by atoms with Crippen LogP contribution >= 0.6 is 15.9 Å². The third-order valence-corrected chi connectivity index (χ3v) is 3.09. The minimum atomic E-state index is -0.0489. The van der Waals surface area contributed by atoms with E-state index in [1.54, 1.807) is 0 Å². The van der Waals surface area contributed by atoms with E-state index >= 15 is 0 Å². The molecule has 2 nitrogen and oxygen atoms in total. The van der Waals surface area contributed by atoms with Crippen molar-refractivity contribution in [2.24, 2.45) is 5.92 Å². The second kappa shape index (κ2) is 3.16. The van der Waals surface area contributed by atoms with E-state index in [2.05, 4.69) is 22.0 Å². The predicted octanol–water partition coefficient (Wildman–Crippen LogP) is 1.64. The highest BCUT2D eigenvalue weighted by molar-refractivity contribution is 9.10. The van der Waals surface area contributed by atoms with Crippen LogP contribution in [0.4, 0.5) is 0 Å². The summed E-state index contributed by atoms with van der Waals surface area (Å²) in [5.74, 6) is 0.512. The molecule has 0 radical (unpaired) electrons. The third-order valence-electron chi connectivity index (χ3n) is 1.84. The van der Waals surface area contributed by atoms with Crippen LogP contribution in [-0.2, 0) is 4.79 Å². The number of ketones is 1. The molecule has 0 saturated heterocycles. The first-order valence-corrected chi connectivity index (χ1v) is 4.21. The number of hydrogen-bond donors (Lipinski definition) is 0. The average Bonchev–Trinajstić information content (AvgIpc) is 2.20. The summed E-state index contributed by atoms with van der Waals surface area (Å²) >= 11 is 3.27. The molecule has 0 aromatic heterocycles. The Hall–Kier alpha value is -0.360. The Labute approximate surface area is 68.3 Å². The largest absolute Gasteiger partial charge is 0.298 e. The summed E-state index contributed by atoms with van der Waals surface area (Å²) in [6, 6.07) is 2.08. The average molecular weight is 202 g/mol. The highest BCUT2D eigenvalue weighted by Crippen LogP contribution is 2.30. The van der Waals surface area contributed by atoms with Gasteiger partial charge >= 0.3 is 0 Å². The molecule has 1 saturated carbocycles. The van der Waals surface area contributed by atoms with E-state index in [0.29, 0.717) is 12.8 Å². The van der Waals surface area contributed by atoms with E-state index < -0.39 is 0 Å². The van der Waals surface area contributed by atoms with Crippen molar-refractivity contribution in [1.82, 2.24) is 0 Å². The van der Waals surface area contributed by atoms with Gasteiger partial charge in [0.25, 0.3) is 0 Å². The van der Waals surface area contributed by atoms with Gasteiger partial charge < -0.3 is 0 Å². The lowest BCUT2D eigenvalue weighted by atomic mass is 10.1. The topological polar surface area (TPSA) is 40.9 Å². The summed E-state index contributed by atoms with van der Waals surface area (Å²) in [6.45, 7) is 0. The second-order valence-corrected chi connectivity index (χ2v) is 3.52. The zero-order chi connectivity index (χ0) is 7.56. The Morgan fingerprint density at radius 2 is 2.50 bits per heavy atom. The number of nitrogens with zero attached hydrogens (tertiary/aromatic N) is 1. The molecule has 0 spiro atoms. The van der Waals surface area contributed by atoms with E-state index in [1.807, 2.05) is 0 Å². The molecule has 10 heavy (non-hydrogen) atoms. The van der Waals surface area contributed by atoms with Crippen LogP contribution in [0.15, 0.2) is 0 Å². The van der Waals surface area contributed by atoms with E-state index in [-0.39, 0.29) is 16.5 Å². The van der Waals surface area contributed by atoms with Crippen LogP contribution in [-0.4, -0.2) is 10.6 Å².